The first kappa shape index (κ1) is 20.2. The van der Waals surface area contributed by atoms with Crippen molar-refractivity contribution < 1.29 is 18.3 Å². The van der Waals surface area contributed by atoms with E-state index in [1.54, 1.807) is 37.3 Å². The van der Waals surface area contributed by atoms with Gasteiger partial charge in [-0.25, -0.2) is 13.2 Å². The van der Waals surface area contributed by atoms with Gasteiger partial charge < -0.3 is 14.9 Å². The summed E-state index contributed by atoms with van der Waals surface area (Å²) >= 11 is 0. The molecular weight excluding hydrogens is 378 g/mol. The lowest BCUT2D eigenvalue weighted by Crippen LogP contribution is -2.46. The molecule has 0 saturated carbocycles. The lowest BCUT2D eigenvalue weighted by molar-refractivity contribution is 0.0697. The van der Waals surface area contributed by atoms with Crippen LogP contribution >= 0.6 is 0 Å². The van der Waals surface area contributed by atoms with Crippen LogP contribution in [0.15, 0.2) is 47.4 Å². The Labute approximate surface area is 165 Å². The SMILES string of the molecule is CCN1CCN(c2ccc(NS(=O)(=O)c3ccccc3C)cc2C(=O)O)CC1. The Hall–Kier alpha value is -2.58. The van der Waals surface area contributed by atoms with E-state index in [9.17, 15) is 18.3 Å². The number of carboxylic acids is 1. The number of benzene rings is 2. The van der Waals surface area contributed by atoms with Crippen molar-refractivity contribution in [3.05, 3.63) is 53.6 Å². The van der Waals surface area contributed by atoms with Gasteiger partial charge in [-0.1, -0.05) is 25.1 Å². The van der Waals surface area contributed by atoms with Crippen molar-refractivity contribution in [3.63, 3.8) is 0 Å². The van der Waals surface area contributed by atoms with Gasteiger partial charge in [0.25, 0.3) is 10.0 Å². The first-order chi connectivity index (χ1) is 13.3. The summed E-state index contributed by atoms with van der Waals surface area (Å²) < 4.78 is 27.9. The normalized spacial score (nSPS) is 15.4. The van der Waals surface area contributed by atoms with Gasteiger partial charge in [-0.05, 0) is 43.3 Å². The Balaban J connectivity index is 1.87. The number of piperazine rings is 1. The average molecular weight is 404 g/mol. The van der Waals surface area contributed by atoms with Crippen LogP contribution in [0, 0.1) is 6.92 Å². The summed E-state index contributed by atoms with van der Waals surface area (Å²) in [5, 5.41) is 9.66. The van der Waals surface area contributed by atoms with Crippen molar-refractivity contribution in [2.45, 2.75) is 18.7 Å². The topological polar surface area (TPSA) is 90.0 Å². The molecule has 7 nitrogen and oxygen atoms in total. The third-order valence-electron chi connectivity index (χ3n) is 5.02. The summed E-state index contributed by atoms with van der Waals surface area (Å²) in [4.78, 5) is 16.3. The Morgan fingerprint density at radius 3 is 2.39 bits per heavy atom. The van der Waals surface area contributed by atoms with Crippen molar-refractivity contribution in [2.24, 2.45) is 0 Å². The summed E-state index contributed by atoms with van der Waals surface area (Å²) in [6.07, 6.45) is 0. The molecule has 2 aromatic carbocycles. The number of aryl methyl sites for hydroxylation is 1. The molecule has 0 bridgehead atoms. The van der Waals surface area contributed by atoms with E-state index in [0.717, 1.165) is 32.7 Å². The van der Waals surface area contributed by atoms with Crippen molar-refractivity contribution in [2.75, 3.05) is 42.3 Å². The molecule has 0 atom stereocenters. The van der Waals surface area contributed by atoms with E-state index in [-0.39, 0.29) is 16.1 Å². The van der Waals surface area contributed by atoms with Gasteiger partial charge in [0.05, 0.1) is 16.1 Å². The summed E-state index contributed by atoms with van der Waals surface area (Å²) in [7, 11) is -3.80. The highest BCUT2D eigenvalue weighted by atomic mass is 32.2. The van der Waals surface area contributed by atoms with Gasteiger partial charge in [0.1, 0.15) is 0 Å². The van der Waals surface area contributed by atoms with Gasteiger partial charge in [0.2, 0.25) is 0 Å². The molecule has 0 spiro atoms. The number of sulfonamides is 1. The number of rotatable bonds is 6. The Morgan fingerprint density at radius 2 is 1.79 bits per heavy atom. The molecule has 1 fully saturated rings. The van der Waals surface area contributed by atoms with Crippen LogP contribution in [-0.2, 0) is 10.0 Å². The molecule has 0 aromatic heterocycles. The van der Waals surface area contributed by atoms with Crippen LogP contribution in [0.5, 0.6) is 0 Å². The van der Waals surface area contributed by atoms with Crippen LogP contribution in [0.1, 0.15) is 22.8 Å². The fourth-order valence-corrected chi connectivity index (χ4v) is 4.72. The second-order valence-electron chi connectivity index (χ2n) is 6.83. The number of hydrogen-bond acceptors (Lipinski definition) is 5. The van der Waals surface area contributed by atoms with Crippen LogP contribution in [0.2, 0.25) is 0 Å². The number of anilines is 2. The predicted octanol–water partition coefficient (Wildman–Crippen LogP) is 2.64. The van der Waals surface area contributed by atoms with Crippen LogP contribution < -0.4 is 9.62 Å². The van der Waals surface area contributed by atoms with Crippen LogP contribution in [-0.4, -0.2) is 57.1 Å². The number of hydrogen-bond donors (Lipinski definition) is 2. The lowest BCUT2D eigenvalue weighted by atomic mass is 10.1. The Kier molecular flexibility index (Phi) is 5.90. The Bertz CT molecular complexity index is 967. The van der Waals surface area contributed by atoms with Gasteiger partial charge in [-0.2, -0.15) is 0 Å². The third kappa shape index (κ3) is 4.28. The van der Waals surface area contributed by atoms with Gasteiger partial charge in [-0.3, -0.25) is 4.72 Å². The second kappa shape index (κ2) is 8.20. The summed E-state index contributed by atoms with van der Waals surface area (Å²) in [6, 6.07) is 11.4. The first-order valence-corrected chi connectivity index (χ1v) is 10.7. The average Bonchev–Trinajstić information content (AvgIpc) is 2.68. The number of nitrogens with one attached hydrogen (secondary N) is 1. The van der Waals surface area contributed by atoms with Gasteiger partial charge in [-0.15, -0.1) is 0 Å². The number of likely N-dealkylation sites (N-methyl/N-ethyl adjacent to an activating group) is 1. The van der Waals surface area contributed by atoms with Crippen molar-refractivity contribution in [1.82, 2.24) is 4.90 Å². The number of carboxylic acid groups (broad SMARTS) is 1. The molecule has 1 aliphatic rings. The number of nitrogens with zero attached hydrogens (tertiary/aromatic N) is 2. The highest BCUT2D eigenvalue weighted by Gasteiger charge is 2.23. The molecule has 150 valence electrons. The Morgan fingerprint density at radius 1 is 1.11 bits per heavy atom. The molecule has 2 N–H and O–H groups in total. The quantitative estimate of drug-likeness (QED) is 0.771. The van der Waals surface area contributed by atoms with E-state index in [0.29, 0.717) is 11.3 Å². The molecule has 28 heavy (non-hydrogen) atoms. The highest BCUT2D eigenvalue weighted by Crippen LogP contribution is 2.27. The highest BCUT2D eigenvalue weighted by molar-refractivity contribution is 7.92. The van der Waals surface area contributed by atoms with Gasteiger partial charge in [0, 0.05) is 31.9 Å². The molecule has 1 aliphatic heterocycles. The molecule has 1 heterocycles. The maximum atomic E-state index is 12.7. The smallest absolute Gasteiger partial charge is 0.337 e. The summed E-state index contributed by atoms with van der Waals surface area (Å²) in [5.74, 6) is -1.08. The molecule has 0 unspecified atom stereocenters. The van der Waals surface area contributed by atoms with Crippen LogP contribution in [0.4, 0.5) is 11.4 Å². The zero-order valence-electron chi connectivity index (χ0n) is 16.1. The predicted molar refractivity (Wildman–Crippen MR) is 110 cm³/mol. The maximum Gasteiger partial charge on any atom is 0.337 e. The van der Waals surface area contributed by atoms with E-state index in [2.05, 4.69) is 16.5 Å². The molecule has 1 saturated heterocycles. The molecule has 2 aromatic rings. The zero-order chi connectivity index (χ0) is 20.3. The van der Waals surface area contributed by atoms with E-state index >= 15 is 0 Å². The molecule has 0 radical (unpaired) electrons. The minimum atomic E-state index is -3.80. The first-order valence-electron chi connectivity index (χ1n) is 9.25. The fraction of sp³-hybridized carbons (Fsp3) is 0.350. The summed E-state index contributed by atoms with van der Waals surface area (Å²) in [5.41, 5.74) is 1.56. The third-order valence-corrected chi connectivity index (χ3v) is 6.56. The van der Waals surface area contributed by atoms with Crippen molar-refractivity contribution >= 4 is 27.4 Å². The molecule has 8 heteroatoms. The zero-order valence-corrected chi connectivity index (χ0v) is 16.9. The fourth-order valence-electron chi connectivity index (χ4n) is 3.42. The van der Waals surface area contributed by atoms with Crippen molar-refractivity contribution in [1.29, 1.82) is 0 Å². The van der Waals surface area contributed by atoms with Crippen molar-refractivity contribution in [3.8, 4) is 0 Å². The van der Waals surface area contributed by atoms with E-state index in [4.69, 9.17) is 0 Å². The van der Waals surface area contributed by atoms with E-state index in [1.807, 2.05) is 4.90 Å². The summed E-state index contributed by atoms with van der Waals surface area (Å²) in [6.45, 7) is 8.02. The monoisotopic (exact) mass is 403 g/mol. The maximum absolute atomic E-state index is 12.7. The molecule has 3 rings (SSSR count). The van der Waals surface area contributed by atoms with E-state index in [1.165, 1.54) is 12.1 Å². The second-order valence-corrected chi connectivity index (χ2v) is 8.48. The minimum absolute atomic E-state index is 0.0925. The number of carbonyl (C=O) groups is 1. The standard InChI is InChI=1S/C20H25N3O4S/c1-3-22-10-12-23(13-11-22)18-9-8-16(14-17(18)20(24)25)21-28(26,27)19-7-5-4-6-15(19)2/h4-9,14,21H,3,10-13H2,1-2H3,(H,24,25). The van der Waals surface area contributed by atoms with Crippen LogP contribution in [0.3, 0.4) is 0 Å². The molecular formula is C20H25N3O4S. The molecule has 0 amide bonds. The lowest BCUT2D eigenvalue weighted by Gasteiger charge is -2.36. The largest absolute Gasteiger partial charge is 0.478 e. The van der Waals surface area contributed by atoms with E-state index < -0.39 is 16.0 Å². The van der Waals surface area contributed by atoms with Crippen LogP contribution in [0.25, 0.3) is 0 Å². The molecule has 0 aliphatic carbocycles. The number of aromatic carboxylic acids is 1. The van der Waals surface area contributed by atoms with Gasteiger partial charge >= 0.3 is 5.97 Å². The minimum Gasteiger partial charge on any atom is -0.478 e. The van der Waals surface area contributed by atoms with Gasteiger partial charge in [0.15, 0.2) is 0 Å².